The van der Waals surface area contributed by atoms with Gasteiger partial charge in [0.25, 0.3) is 0 Å². The zero-order valence-electron chi connectivity index (χ0n) is 16.5. The van der Waals surface area contributed by atoms with Gasteiger partial charge in [-0.2, -0.15) is 18.3 Å². The molecule has 0 atom stereocenters. The summed E-state index contributed by atoms with van der Waals surface area (Å²) in [6.07, 6.45) is -3.78. The second kappa shape index (κ2) is 8.02. The molecule has 0 radical (unpaired) electrons. The van der Waals surface area contributed by atoms with Crippen LogP contribution in [0.15, 0.2) is 54.7 Å². The van der Waals surface area contributed by atoms with Crippen LogP contribution in [0, 0.1) is 0 Å². The van der Waals surface area contributed by atoms with E-state index in [0.717, 1.165) is 16.4 Å². The van der Waals surface area contributed by atoms with Crippen molar-refractivity contribution in [1.82, 2.24) is 9.78 Å². The van der Waals surface area contributed by atoms with Crippen LogP contribution in [-0.4, -0.2) is 15.8 Å². The number of aromatic nitrogens is 2. The van der Waals surface area contributed by atoms with Crippen LogP contribution in [0.2, 0.25) is 5.02 Å². The number of amides is 2. The van der Waals surface area contributed by atoms with Gasteiger partial charge in [0, 0.05) is 10.7 Å². The molecule has 1 heterocycles. The van der Waals surface area contributed by atoms with E-state index in [1.165, 1.54) is 24.3 Å². The highest BCUT2D eigenvalue weighted by Gasteiger charge is 2.39. The van der Waals surface area contributed by atoms with Crippen molar-refractivity contribution >= 4 is 29.0 Å². The molecule has 1 aromatic heterocycles. The number of nitrogens with one attached hydrogen (secondary N) is 2. The maximum absolute atomic E-state index is 13.7. The first-order chi connectivity index (χ1) is 14.0. The first-order valence-electron chi connectivity index (χ1n) is 9.05. The Morgan fingerprint density at radius 2 is 1.57 bits per heavy atom. The summed E-state index contributed by atoms with van der Waals surface area (Å²) >= 11 is 5.81. The van der Waals surface area contributed by atoms with Crippen LogP contribution in [0.1, 0.15) is 32.0 Å². The van der Waals surface area contributed by atoms with Crippen LogP contribution in [0.4, 0.5) is 29.3 Å². The molecule has 158 valence electrons. The zero-order chi connectivity index (χ0) is 22.1. The van der Waals surface area contributed by atoms with E-state index < -0.39 is 23.6 Å². The van der Waals surface area contributed by atoms with Crippen molar-refractivity contribution in [3.05, 3.63) is 71.0 Å². The van der Waals surface area contributed by atoms with E-state index >= 15 is 0 Å². The van der Waals surface area contributed by atoms with Crippen molar-refractivity contribution < 1.29 is 18.0 Å². The number of hydrogen-bond acceptors (Lipinski definition) is 2. The molecular formula is C21H20ClF3N4O. The van der Waals surface area contributed by atoms with Crippen LogP contribution in [0.3, 0.4) is 0 Å². The van der Waals surface area contributed by atoms with E-state index in [0.29, 0.717) is 10.7 Å². The Bertz CT molecular complexity index is 1050. The maximum Gasteiger partial charge on any atom is 0.435 e. The summed E-state index contributed by atoms with van der Waals surface area (Å²) in [7, 11) is 0. The highest BCUT2D eigenvalue weighted by Crippen LogP contribution is 2.36. The van der Waals surface area contributed by atoms with E-state index in [-0.39, 0.29) is 11.1 Å². The van der Waals surface area contributed by atoms with Crippen LogP contribution in [0.25, 0.3) is 5.69 Å². The monoisotopic (exact) mass is 436 g/mol. The lowest BCUT2D eigenvalue weighted by molar-refractivity contribution is -0.142. The van der Waals surface area contributed by atoms with E-state index in [1.807, 2.05) is 32.9 Å². The van der Waals surface area contributed by atoms with Crippen LogP contribution < -0.4 is 10.6 Å². The molecule has 5 nitrogen and oxygen atoms in total. The molecule has 0 aliphatic rings. The van der Waals surface area contributed by atoms with Gasteiger partial charge >= 0.3 is 12.2 Å². The van der Waals surface area contributed by atoms with Gasteiger partial charge in [0.15, 0.2) is 5.69 Å². The largest absolute Gasteiger partial charge is 0.435 e. The van der Waals surface area contributed by atoms with Gasteiger partial charge < -0.3 is 10.6 Å². The Hall–Kier alpha value is -3.00. The first kappa shape index (κ1) is 21.7. The van der Waals surface area contributed by atoms with Gasteiger partial charge in [0.2, 0.25) is 0 Å². The number of anilines is 2. The summed E-state index contributed by atoms with van der Waals surface area (Å²) in [5, 5.41) is 9.09. The SMILES string of the molecule is CC(C)(C)c1ccccc1NC(=O)Nc1cnn(-c2ccc(Cl)cc2)c1C(F)(F)F. The van der Waals surface area contributed by atoms with Crippen molar-refractivity contribution in [3.8, 4) is 5.69 Å². The highest BCUT2D eigenvalue weighted by molar-refractivity contribution is 6.30. The fraction of sp³-hybridized carbons (Fsp3) is 0.238. The van der Waals surface area contributed by atoms with Gasteiger partial charge in [-0.1, -0.05) is 50.6 Å². The summed E-state index contributed by atoms with van der Waals surface area (Å²) in [6, 6.07) is 12.1. The Kier molecular flexibility index (Phi) is 5.81. The molecule has 0 saturated carbocycles. The molecule has 0 spiro atoms. The molecule has 0 fully saturated rings. The van der Waals surface area contributed by atoms with Gasteiger partial charge in [-0.25, -0.2) is 9.48 Å². The fourth-order valence-corrected chi connectivity index (χ4v) is 3.14. The number of hydrogen-bond donors (Lipinski definition) is 2. The van der Waals surface area contributed by atoms with E-state index in [2.05, 4.69) is 15.7 Å². The first-order valence-corrected chi connectivity index (χ1v) is 9.43. The van der Waals surface area contributed by atoms with Gasteiger partial charge in [-0.3, -0.25) is 0 Å². The summed E-state index contributed by atoms with van der Waals surface area (Å²) in [6.45, 7) is 5.93. The minimum Gasteiger partial charge on any atom is -0.307 e. The van der Waals surface area contributed by atoms with E-state index in [4.69, 9.17) is 11.6 Å². The third-order valence-electron chi connectivity index (χ3n) is 4.34. The molecule has 30 heavy (non-hydrogen) atoms. The summed E-state index contributed by atoms with van der Waals surface area (Å²) < 4.78 is 42.0. The number of halogens is 4. The number of benzene rings is 2. The topological polar surface area (TPSA) is 59.0 Å². The van der Waals surface area contributed by atoms with Crippen molar-refractivity contribution in [1.29, 1.82) is 0 Å². The van der Waals surface area contributed by atoms with Crippen molar-refractivity contribution in [2.45, 2.75) is 32.4 Å². The predicted molar refractivity (Wildman–Crippen MR) is 111 cm³/mol. The third kappa shape index (κ3) is 4.76. The fourth-order valence-electron chi connectivity index (χ4n) is 3.01. The number of carbonyl (C=O) groups excluding carboxylic acids is 1. The van der Waals surface area contributed by atoms with Crippen LogP contribution in [0.5, 0.6) is 0 Å². The summed E-state index contributed by atoms with van der Waals surface area (Å²) in [4.78, 5) is 12.5. The molecule has 0 saturated heterocycles. The lowest BCUT2D eigenvalue weighted by Gasteiger charge is -2.23. The van der Waals surface area contributed by atoms with Crippen molar-refractivity contribution in [2.24, 2.45) is 0 Å². The van der Waals surface area contributed by atoms with Gasteiger partial charge in [-0.05, 0) is 41.3 Å². The number of nitrogens with zero attached hydrogens (tertiary/aromatic N) is 2. The average molecular weight is 437 g/mol. The van der Waals surface area contributed by atoms with E-state index in [9.17, 15) is 18.0 Å². The summed E-state index contributed by atoms with van der Waals surface area (Å²) in [5.74, 6) is 0. The van der Waals surface area contributed by atoms with Crippen LogP contribution >= 0.6 is 11.6 Å². The minimum atomic E-state index is -4.75. The quantitative estimate of drug-likeness (QED) is 0.493. The molecule has 9 heteroatoms. The molecule has 0 unspecified atom stereocenters. The smallest absolute Gasteiger partial charge is 0.307 e. The summed E-state index contributed by atoms with van der Waals surface area (Å²) in [5.41, 5.74) is -0.278. The van der Waals surface area contributed by atoms with Gasteiger partial charge in [-0.15, -0.1) is 0 Å². The van der Waals surface area contributed by atoms with E-state index in [1.54, 1.807) is 12.1 Å². The standard InChI is InChI=1S/C21H20ClF3N4O/c1-20(2,3)15-6-4-5-7-16(15)27-19(30)28-17-12-26-29(18(17)21(23,24)25)14-10-8-13(22)9-11-14/h4-12H,1-3H3,(H2,27,28,30). The molecule has 0 aliphatic carbocycles. The van der Waals surface area contributed by atoms with Crippen LogP contribution in [-0.2, 0) is 11.6 Å². The van der Waals surface area contributed by atoms with Crippen molar-refractivity contribution in [3.63, 3.8) is 0 Å². The number of alkyl halides is 3. The molecule has 2 N–H and O–H groups in total. The second-order valence-electron chi connectivity index (χ2n) is 7.67. The average Bonchev–Trinajstić information content (AvgIpc) is 3.05. The second-order valence-corrected chi connectivity index (χ2v) is 8.10. The maximum atomic E-state index is 13.7. The van der Waals surface area contributed by atoms with Gasteiger partial charge in [0.05, 0.1) is 17.6 Å². The van der Waals surface area contributed by atoms with Gasteiger partial charge in [0.1, 0.15) is 0 Å². The normalized spacial score (nSPS) is 12.0. The molecule has 2 aromatic carbocycles. The predicted octanol–water partition coefficient (Wildman–Crippen LogP) is 6.49. The Balaban J connectivity index is 1.91. The number of rotatable bonds is 3. The molecule has 3 aromatic rings. The Morgan fingerprint density at radius 3 is 2.17 bits per heavy atom. The minimum absolute atomic E-state index is 0.165. The van der Waals surface area contributed by atoms with Crippen molar-refractivity contribution in [2.75, 3.05) is 10.6 Å². The Labute approximate surface area is 176 Å². The highest BCUT2D eigenvalue weighted by atomic mass is 35.5. The Morgan fingerprint density at radius 1 is 0.967 bits per heavy atom. The molecule has 0 bridgehead atoms. The molecule has 3 rings (SSSR count). The zero-order valence-corrected chi connectivity index (χ0v) is 17.3. The number of carbonyl (C=O) groups is 1. The molecular weight excluding hydrogens is 417 g/mol. The number of para-hydroxylation sites is 1. The lowest BCUT2D eigenvalue weighted by Crippen LogP contribution is -2.24. The molecule has 0 aliphatic heterocycles. The number of urea groups is 1. The third-order valence-corrected chi connectivity index (χ3v) is 4.59. The lowest BCUT2D eigenvalue weighted by atomic mass is 9.86. The molecule has 2 amide bonds.